The molecule has 2 aliphatic heterocycles. The molecule has 4 rings (SSSR count). The van der Waals surface area contributed by atoms with Crippen LogP contribution < -0.4 is 5.32 Å². The summed E-state index contributed by atoms with van der Waals surface area (Å²) < 4.78 is 0. The Kier molecular flexibility index (Phi) is 5.63. The highest BCUT2D eigenvalue weighted by atomic mass is 35.5. The van der Waals surface area contributed by atoms with Gasteiger partial charge in [-0.1, -0.05) is 30.7 Å². The van der Waals surface area contributed by atoms with Gasteiger partial charge in [-0.05, 0) is 49.3 Å². The Hall–Kier alpha value is -1.63. The number of amides is 3. The number of nitrogens with zero attached hydrogens (tertiary/aromatic N) is 3. The lowest BCUT2D eigenvalue weighted by Gasteiger charge is -2.37. The van der Waals surface area contributed by atoms with Crippen molar-refractivity contribution in [2.24, 2.45) is 5.92 Å². The third-order valence-corrected chi connectivity index (χ3v) is 6.71. The molecular formula is C21H29ClN4O2. The topological polar surface area (TPSA) is 55.9 Å². The van der Waals surface area contributed by atoms with Crippen LogP contribution in [0.5, 0.6) is 0 Å². The third kappa shape index (κ3) is 4.04. The summed E-state index contributed by atoms with van der Waals surface area (Å²) in [6.07, 6.45) is 3.54. The van der Waals surface area contributed by atoms with Crippen molar-refractivity contribution in [3.05, 3.63) is 34.9 Å². The number of imide groups is 1. The van der Waals surface area contributed by atoms with E-state index in [-0.39, 0.29) is 11.9 Å². The molecule has 2 heterocycles. The SMILES string of the molecule is CC1CCC2(CC1)NC(=O)N(CN1CCN(Cc3cccc(Cl)c3)CC1)C2=O. The quantitative estimate of drug-likeness (QED) is 0.784. The Morgan fingerprint density at radius 2 is 1.79 bits per heavy atom. The van der Waals surface area contributed by atoms with Crippen LogP contribution in [-0.2, 0) is 11.3 Å². The van der Waals surface area contributed by atoms with E-state index in [1.54, 1.807) is 0 Å². The maximum atomic E-state index is 13.0. The molecule has 3 aliphatic rings. The Balaban J connectivity index is 1.30. The van der Waals surface area contributed by atoms with Gasteiger partial charge in [0.2, 0.25) is 0 Å². The maximum Gasteiger partial charge on any atom is 0.326 e. The molecule has 2 saturated heterocycles. The second kappa shape index (κ2) is 8.01. The number of halogens is 1. The minimum absolute atomic E-state index is 0.0224. The van der Waals surface area contributed by atoms with E-state index in [0.29, 0.717) is 12.6 Å². The number of hydrogen-bond donors (Lipinski definition) is 1. The first-order valence-electron chi connectivity index (χ1n) is 10.3. The monoisotopic (exact) mass is 404 g/mol. The standard InChI is InChI=1S/C21H29ClN4O2/c1-16-5-7-21(8-6-16)19(27)26(20(28)23-21)15-25-11-9-24(10-12-25)14-17-3-2-4-18(22)13-17/h2-4,13,16H,5-12,14-15H2,1H3,(H,23,28). The molecule has 1 aromatic carbocycles. The van der Waals surface area contributed by atoms with Crippen LogP contribution in [0.25, 0.3) is 0 Å². The van der Waals surface area contributed by atoms with Gasteiger partial charge in [-0.3, -0.25) is 14.6 Å². The highest BCUT2D eigenvalue weighted by Crippen LogP contribution is 2.36. The number of urea groups is 1. The maximum absolute atomic E-state index is 13.0. The van der Waals surface area contributed by atoms with Crippen LogP contribution in [0, 0.1) is 5.92 Å². The molecule has 7 heteroatoms. The molecule has 0 bridgehead atoms. The van der Waals surface area contributed by atoms with Crippen molar-refractivity contribution in [3.63, 3.8) is 0 Å². The van der Waals surface area contributed by atoms with Crippen molar-refractivity contribution in [2.45, 2.75) is 44.7 Å². The summed E-state index contributed by atoms with van der Waals surface area (Å²) in [7, 11) is 0. The van der Waals surface area contributed by atoms with Crippen molar-refractivity contribution in [3.8, 4) is 0 Å². The molecule has 28 heavy (non-hydrogen) atoms. The fraction of sp³-hybridized carbons (Fsp3) is 0.619. The van der Waals surface area contributed by atoms with Crippen LogP contribution in [0.3, 0.4) is 0 Å². The molecule has 152 valence electrons. The van der Waals surface area contributed by atoms with E-state index in [0.717, 1.165) is 63.4 Å². The molecule has 0 unspecified atom stereocenters. The van der Waals surface area contributed by atoms with Crippen molar-refractivity contribution in [1.82, 2.24) is 20.0 Å². The fourth-order valence-corrected chi connectivity index (χ4v) is 4.79. The highest BCUT2D eigenvalue weighted by Gasteiger charge is 2.52. The Morgan fingerprint density at radius 1 is 1.11 bits per heavy atom. The Morgan fingerprint density at radius 3 is 2.46 bits per heavy atom. The summed E-state index contributed by atoms with van der Waals surface area (Å²) in [6.45, 7) is 7.02. The predicted molar refractivity (Wildman–Crippen MR) is 109 cm³/mol. The van der Waals surface area contributed by atoms with Crippen molar-refractivity contribution in [1.29, 1.82) is 0 Å². The first-order chi connectivity index (χ1) is 13.4. The van der Waals surface area contributed by atoms with E-state index in [2.05, 4.69) is 28.1 Å². The van der Waals surface area contributed by atoms with Gasteiger partial charge in [0.05, 0.1) is 6.67 Å². The third-order valence-electron chi connectivity index (χ3n) is 6.48. The smallest absolute Gasteiger partial charge is 0.323 e. The van der Waals surface area contributed by atoms with Gasteiger partial charge < -0.3 is 5.32 Å². The van der Waals surface area contributed by atoms with Crippen molar-refractivity contribution < 1.29 is 9.59 Å². The molecule has 3 fully saturated rings. The van der Waals surface area contributed by atoms with E-state index in [1.807, 2.05) is 18.2 Å². The number of carbonyl (C=O) groups excluding carboxylic acids is 2. The second-order valence-corrected chi connectivity index (χ2v) is 9.03. The molecule has 1 aliphatic carbocycles. The molecule has 1 saturated carbocycles. The normalized spacial score (nSPS) is 29.5. The second-order valence-electron chi connectivity index (χ2n) is 8.59. The Labute approximate surface area is 171 Å². The molecule has 1 N–H and O–H groups in total. The number of benzene rings is 1. The molecule has 1 aromatic rings. The van der Waals surface area contributed by atoms with Gasteiger partial charge >= 0.3 is 6.03 Å². The average Bonchev–Trinajstić information content (AvgIpc) is 2.90. The van der Waals surface area contributed by atoms with Gasteiger partial charge in [-0.2, -0.15) is 0 Å². The average molecular weight is 405 g/mol. The summed E-state index contributed by atoms with van der Waals surface area (Å²) in [4.78, 5) is 31.5. The summed E-state index contributed by atoms with van der Waals surface area (Å²) in [5.41, 5.74) is 0.571. The Bertz CT molecular complexity index is 740. The van der Waals surface area contributed by atoms with Crippen LogP contribution in [0.4, 0.5) is 4.79 Å². The zero-order chi connectivity index (χ0) is 19.7. The fourth-order valence-electron chi connectivity index (χ4n) is 4.58. The summed E-state index contributed by atoms with van der Waals surface area (Å²) in [5.74, 6) is 0.614. The molecule has 6 nitrogen and oxygen atoms in total. The van der Waals surface area contributed by atoms with Crippen LogP contribution in [0.15, 0.2) is 24.3 Å². The number of carbonyl (C=O) groups is 2. The lowest BCUT2D eigenvalue weighted by Crippen LogP contribution is -2.52. The summed E-state index contributed by atoms with van der Waals surface area (Å²) in [5, 5.41) is 3.78. The van der Waals surface area contributed by atoms with Crippen LogP contribution >= 0.6 is 11.6 Å². The minimum Gasteiger partial charge on any atom is -0.323 e. The van der Waals surface area contributed by atoms with Gasteiger partial charge in [0.1, 0.15) is 5.54 Å². The van der Waals surface area contributed by atoms with Gasteiger partial charge in [0.25, 0.3) is 5.91 Å². The minimum atomic E-state index is -0.641. The van der Waals surface area contributed by atoms with Gasteiger partial charge in [-0.25, -0.2) is 9.69 Å². The van der Waals surface area contributed by atoms with Crippen LogP contribution in [0.1, 0.15) is 38.2 Å². The van der Waals surface area contributed by atoms with Crippen molar-refractivity contribution in [2.75, 3.05) is 32.8 Å². The van der Waals surface area contributed by atoms with E-state index in [9.17, 15) is 9.59 Å². The lowest BCUT2D eigenvalue weighted by atomic mass is 9.77. The van der Waals surface area contributed by atoms with E-state index in [1.165, 1.54) is 10.5 Å². The van der Waals surface area contributed by atoms with Gasteiger partial charge in [0.15, 0.2) is 0 Å². The zero-order valence-electron chi connectivity index (χ0n) is 16.5. The first-order valence-corrected chi connectivity index (χ1v) is 10.7. The number of piperazine rings is 1. The van der Waals surface area contributed by atoms with E-state index in [4.69, 9.17) is 11.6 Å². The predicted octanol–water partition coefficient (Wildman–Crippen LogP) is 2.92. The number of rotatable bonds is 4. The van der Waals surface area contributed by atoms with Crippen LogP contribution in [-0.4, -0.2) is 65.0 Å². The van der Waals surface area contributed by atoms with Crippen molar-refractivity contribution >= 4 is 23.5 Å². The molecule has 0 radical (unpaired) electrons. The molecule has 1 spiro atoms. The summed E-state index contributed by atoms with van der Waals surface area (Å²) >= 11 is 6.08. The highest BCUT2D eigenvalue weighted by molar-refractivity contribution is 6.30. The van der Waals surface area contributed by atoms with Gasteiger partial charge in [-0.15, -0.1) is 0 Å². The van der Waals surface area contributed by atoms with Crippen LogP contribution in [0.2, 0.25) is 5.02 Å². The van der Waals surface area contributed by atoms with E-state index < -0.39 is 5.54 Å². The lowest BCUT2D eigenvalue weighted by molar-refractivity contribution is -0.134. The molecule has 0 aromatic heterocycles. The number of nitrogens with one attached hydrogen (secondary N) is 1. The van der Waals surface area contributed by atoms with E-state index >= 15 is 0 Å². The molecular weight excluding hydrogens is 376 g/mol. The number of hydrogen-bond acceptors (Lipinski definition) is 4. The molecule has 0 atom stereocenters. The summed E-state index contributed by atoms with van der Waals surface area (Å²) in [6, 6.07) is 7.75. The first kappa shape index (κ1) is 19.7. The van der Waals surface area contributed by atoms with Gasteiger partial charge in [0, 0.05) is 37.7 Å². The molecule has 3 amide bonds. The zero-order valence-corrected chi connectivity index (χ0v) is 17.2. The largest absolute Gasteiger partial charge is 0.326 e.